The summed E-state index contributed by atoms with van der Waals surface area (Å²) in [5.41, 5.74) is 0.226. The van der Waals surface area contributed by atoms with Gasteiger partial charge in [0.15, 0.2) is 5.54 Å². The average Bonchev–Trinajstić information content (AvgIpc) is 2.26. The van der Waals surface area contributed by atoms with Gasteiger partial charge in [0.05, 0.1) is 13.7 Å². The lowest BCUT2D eigenvalue weighted by molar-refractivity contribution is -0.147. The normalized spacial score (nSPS) is 13.8. The van der Waals surface area contributed by atoms with E-state index in [9.17, 15) is 9.18 Å². The molecule has 1 unspecified atom stereocenters. The zero-order valence-corrected chi connectivity index (χ0v) is 11.0. The molecule has 0 aromatic heterocycles. The molecule has 0 fully saturated rings. The fourth-order valence-corrected chi connectivity index (χ4v) is 1.79. The average molecular weight is 255 g/mol. The van der Waals surface area contributed by atoms with Crippen molar-refractivity contribution in [3.63, 3.8) is 0 Å². The molecule has 1 aromatic carbocycles. The molecule has 0 aliphatic carbocycles. The van der Waals surface area contributed by atoms with Crippen LogP contribution in [0.1, 0.15) is 12.5 Å². The van der Waals surface area contributed by atoms with Gasteiger partial charge in [0, 0.05) is 12.8 Å². The lowest BCUT2D eigenvalue weighted by Gasteiger charge is -2.28. The molecule has 0 aliphatic rings. The maximum absolute atomic E-state index is 13.3. The molecule has 1 atom stereocenters. The quantitative estimate of drug-likeness (QED) is 0.819. The summed E-state index contributed by atoms with van der Waals surface area (Å²) in [7, 11) is 2.79. The highest BCUT2D eigenvalue weighted by molar-refractivity contribution is 5.84. The topological polar surface area (TPSA) is 47.6 Å². The predicted octanol–water partition coefficient (Wildman–Crippen LogP) is 2.12. The Bertz CT molecular complexity index is 416. The zero-order valence-electron chi connectivity index (χ0n) is 11.0. The summed E-state index contributed by atoms with van der Waals surface area (Å²) in [4.78, 5) is 11.7. The Morgan fingerprint density at radius 3 is 2.56 bits per heavy atom. The van der Waals surface area contributed by atoms with Gasteiger partial charge in [-0.2, -0.15) is 0 Å². The first kappa shape index (κ1) is 14.4. The summed E-state index contributed by atoms with van der Waals surface area (Å²) in [6.07, 6.45) is 0. The Hall–Kier alpha value is -1.62. The molecule has 0 saturated heterocycles. The maximum Gasteiger partial charge on any atom is 0.333 e. The fraction of sp³-hybridized carbons (Fsp3) is 0.462. The zero-order chi connectivity index (χ0) is 13.8. The van der Waals surface area contributed by atoms with Crippen molar-refractivity contribution in [2.75, 3.05) is 26.1 Å². The second kappa shape index (κ2) is 5.82. The summed E-state index contributed by atoms with van der Waals surface area (Å²) in [6, 6.07) is 4.49. The molecule has 4 nitrogen and oxygen atoms in total. The highest BCUT2D eigenvalue weighted by Crippen LogP contribution is 2.20. The number of carbonyl (C=O) groups excluding carboxylic acids is 1. The van der Waals surface area contributed by atoms with Crippen LogP contribution in [0.25, 0.3) is 0 Å². The molecule has 0 aliphatic heterocycles. The third-order valence-electron chi connectivity index (χ3n) is 2.53. The van der Waals surface area contributed by atoms with E-state index in [1.165, 1.54) is 26.4 Å². The number of hydrogen-bond acceptors (Lipinski definition) is 4. The molecule has 5 heteroatoms. The molecule has 0 spiro atoms. The number of hydrogen-bond donors (Lipinski definition) is 1. The number of halogens is 1. The van der Waals surface area contributed by atoms with E-state index in [1.807, 2.05) is 0 Å². The van der Waals surface area contributed by atoms with Gasteiger partial charge in [0.1, 0.15) is 5.82 Å². The van der Waals surface area contributed by atoms with Crippen LogP contribution in [0.15, 0.2) is 18.2 Å². The van der Waals surface area contributed by atoms with Crippen molar-refractivity contribution in [3.05, 3.63) is 29.6 Å². The van der Waals surface area contributed by atoms with Crippen molar-refractivity contribution >= 4 is 11.7 Å². The lowest BCUT2D eigenvalue weighted by atomic mass is 10.0. The smallest absolute Gasteiger partial charge is 0.333 e. The molecule has 0 saturated carbocycles. The van der Waals surface area contributed by atoms with E-state index in [1.54, 1.807) is 19.9 Å². The van der Waals surface area contributed by atoms with Gasteiger partial charge in [-0.3, -0.25) is 0 Å². The molecule has 0 radical (unpaired) electrons. The van der Waals surface area contributed by atoms with Crippen LogP contribution in [-0.4, -0.2) is 32.3 Å². The number of methoxy groups -OCH3 is 2. The summed E-state index contributed by atoms with van der Waals surface area (Å²) < 4.78 is 23.0. The lowest BCUT2D eigenvalue weighted by Crippen LogP contribution is -2.48. The third-order valence-corrected chi connectivity index (χ3v) is 2.53. The van der Waals surface area contributed by atoms with Crippen LogP contribution in [0.5, 0.6) is 0 Å². The monoisotopic (exact) mass is 255 g/mol. The van der Waals surface area contributed by atoms with Crippen molar-refractivity contribution in [1.29, 1.82) is 0 Å². The van der Waals surface area contributed by atoms with Crippen molar-refractivity contribution in [2.45, 2.75) is 19.4 Å². The van der Waals surface area contributed by atoms with E-state index >= 15 is 0 Å². The maximum atomic E-state index is 13.3. The molecule has 1 N–H and O–H groups in total. The van der Waals surface area contributed by atoms with Gasteiger partial charge in [-0.1, -0.05) is 0 Å². The Morgan fingerprint density at radius 2 is 2.06 bits per heavy atom. The molecule has 1 rings (SSSR count). The van der Waals surface area contributed by atoms with Gasteiger partial charge < -0.3 is 14.8 Å². The molecule has 0 amide bonds. The molecular formula is C13H18FNO3. The molecule has 18 heavy (non-hydrogen) atoms. The summed E-state index contributed by atoms with van der Waals surface area (Å²) in [5, 5.41) is 2.95. The molecule has 0 heterocycles. The van der Waals surface area contributed by atoms with Gasteiger partial charge in [0.25, 0.3) is 0 Å². The Balaban J connectivity index is 2.99. The summed E-state index contributed by atoms with van der Waals surface area (Å²) in [6.45, 7) is 3.54. The number of nitrogens with one attached hydrogen (secondary N) is 1. The number of aryl methyl sites for hydroxylation is 1. The van der Waals surface area contributed by atoms with E-state index in [-0.39, 0.29) is 12.4 Å². The van der Waals surface area contributed by atoms with E-state index in [0.29, 0.717) is 5.69 Å². The van der Waals surface area contributed by atoms with Crippen molar-refractivity contribution in [3.8, 4) is 0 Å². The van der Waals surface area contributed by atoms with Gasteiger partial charge in [-0.15, -0.1) is 0 Å². The number of esters is 1. The van der Waals surface area contributed by atoms with Crippen LogP contribution < -0.4 is 5.32 Å². The largest absolute Gasteiger partial charge is 0.467 e. The number of anilines is 1. The number of rotatable bonds is 5. The second-order valence-corrected chi connectivity index (χ2v) is 4.40. The van der Waals surface area contributed by atoms with Crippen LogP contribution in [0.2, 0.25) is 0 Å². The number of carbonyl (C=O) groups is 1. The first-order valence-corrected chi connectivity index (χ1v) is 5.54. The molecule has 1 aromatic rings. The van der Waals surface area contributed by atoms with Gasteiger partial charge in [-0.05, 0) is 37.6 Å². The van der Waals surface area contributed by atoms with E-state index in [2.05, 4.69) is 5.32 Å². The second-order valence-electron chi connectivity index (χ2n) is 4.40. The van der Waals surface area contributed by atoms with Crippen LogP contribution in [0.4, 0.5) is 10.1 Å². The first-order chi connectivity index (χ1) is 8.41. The Labute approximate surface area is 106 Å². The van der Waals surface area contributed by atoms with Gasteiger partial charge in [-0.25, -0.2) is 9.18 Å². The van der Waals surface area contributed by atoms with Crippen LogP contribution in [0, 0.1) is 12.7 Å². The number of ether oxygens (including phenoxy) is 2. The highest BCUT2D eigenvalue weighted by atomic mass is 19.1. The highest BCUT2D eigenvalue weighted by Gasteiger charge is 2.34. The third kappa shape index (κ3) is 3.43. The van der Waals surface area contributed by atoms with Gasteiger partial charge in [0.2, 0.25) is 0 Å². The summed E-state index contributed by atoms with van der Waals surface area (Å²) in [5.74, 6) is -0.826. The Kier molecular flexibility index (Phi) is 4.67. The minimum absolute atomic E-state index is 0.120. The minimum atomic E-state index is -1.05. The number of benzene rings is 1. The van der Waals surface area contributed by atoms with Crippen molar-refractivity contribution in [1.82, 2.24) is 0 Å². The van der Waals surface area contributed by atoms with E-state index in [0.717, 1.165) is 5.56 Å². The van der Waals surface area contributed by atoms with E-state index < -0.39 is 11.5 Å². The van der Waals surface area contributed by atoms with Crippen LogP contribution in [0.3, 0.4) is 0 Å². The Morgan fingerprint density at radius 1 is 1.39 bits per heavy atom. The standard InChI is InChI=1S/C13H18FNO3/c1-9-5-10(14)7-11(6-9)15-13(2,8-17-3)12(16)18-4/h5-7,15H,8H2,1-4H3. The van der Waals surface area contributed by atoms with Crippen LogP contribution >= 0.6 is 0 Å². The molecule has 0 bridgehead atoms. The molecular weight excluding hydrogens is 237 g/mol. The van der Waals surface area contributed by atoms with E-state index in [4.69, 9.17) is 9.47 Å². The first-order valence-electron chi connectivity index (χ1n) is 5.54. The minimum Gasteiger partial charge on any atom is -0.467 e. The summed E-state index contributed by atoms with van der Waals surface area (Å²) >= 11 is 0. The molecule has 100 valence electrons. The van der Waals surface area contributed by atoms with Gasteiger partial charge >= 0.3 is 5.97 Å². The SMILES string of the molecule is COCC(C)(Nc1cc(C)cc(F)c1)C(=O)OC. The fourth-order valence-electron chi connectivity index (χ4n) is 1.79. The van der Waals surface area contributed by atoms with Crippen molar-refractivity contribution in [2.24, 2.45) is 0 Å². The van der Waals surface area contributed by atoms with Crippen molar-refractivity contribution < 1.29 is 18.7 Å². The predicted molar refractivity (Wildman–Crippen MR) is 67.1 cm³/mol. The van der Waals surface area contributed by atoms with Crippen LogP contribution in [-0.2, 0) is 14.3 Å².